The van der Waals surface area contributed by atoms with Crippen molar-refractivity contribution in [3.05, 3.63) is 33.4 Å². The highest BCUT2D eigenvalue weighted by molar-refractivity contribution is 14.1. The van der Waals surface area contributed by atoms with Crippen molar-refractivity contribution in [2.75, 3.05) is 6.54 Å². The van der Waals surface area contributed by atoms with Gasteiger partial charge in [-0.15, -0.1) is 0 Å². The zero-order valence-corrected chi connectivity index (χ0v) is 11.3. The third-order valence-corrected chi connectivity index (χ3v) is 4.15. The van der Waals surface area contributed by atoms with Gasteiger partial charge in [0.1, 0.15) is 0 Å². The van der Waals surface area contributed by atoms with Crippen molar-refractivity contribution in [3.63, 3.8) is 0 Å². The summed E-state index contributed by atoms with van der Waals surface area (Å²) in [4.78, 5) is 0. The zero-order valence-electron chi connectivity index (χ0n) is 9.17. The van der Waals surface area contributed by atoms with Crippen LogP contribution in [-0.2, 0) is 0 Å². The van der Waals surface area contributed by atoms with E-state index in [-0.39, 0.29) is 0 Å². The second kappa shape index (κ2) is 5.30. The number of rotatable bonds is 4. The van der Waals surface area contributed by atoms with Crippen LogP contribution >= 0.6 is 22.6 Å². The quantitative estimate of drug-likeness (QED) is 0.838. The van der Waals surface area contributed by atoms with E-state index in [9.17, 15) is 0 Å². The summed E-state index contributed by atoms with van der Waals surface area (Å²) in [5.74, 6) is 0.799. The van der Waals surface area contributed by atoms with E-state index in [2.05, 4.69) is 59.1 Å². The number of halogens is 1. The third kappa shape index (κ3) is 2.72. The minimum atomic E-state index is 0.769. The molecule has 0 aliphatic heterocycles. The standard InChI is InChI=1S/C13H18IN/c1-2-7-15-11-8-10(9-11)12-5-3-4-6-13(12)14/h3-6,10-11,15H,2,7-9H2,1H3. The average molecular weight is 315 g/mol. The lowest BCUT2D eigenvalue weighted by Gasteiger charge is -2.36. The van der Waals surface area contributed by atoms with Crippen molar-refractivity contribution in [2.45, 2.75) is 38.1 Å². The van der Waals surface area contributed by atoms with Crippen LogP contribution in [0, 0.1) is 3.57 Å². The summed E-state index contributed by atoms with van der Waals surface area (Å²) in [6.45, 7) is 3.40. The van der Waals surface area contributed by atoms with Crippen molar-refractivity contribution in [1.29, 1.82) is 0 Å². The second-order valence-corrected chi connectivity index (χ2v) is 5.50. The fraction of sp³-hybridized carbons (Fsp3) is 0.538. The summed E-state index contributed by atoms with van der Waals surface area (Å²) in [5, 5.41) is 3.59. The molecule has 0 heterocycles. The Balaban J connectivity index is 1.87. The van der Waals surface area contributed by atoms with Crippen LogP contribution in [0.4, 0.5) is 0 Å². The Morgan fingerprint density at radius 1 is 1.33 bits per heavy atom. The number of hydrogen-bond acceptors (Lipinski definition) is 1. The summed E-state index contributed by atoms with van der Waals surface area (Å²) >= 11 is 2.45. The maximum Gasteiger partial charge on any atom is 0.0165 e. The molecule has 1 N–H and O–H groups in total. The van der Waals surface area contributed by atoms with Crippen LogP contribution in [0.1, 0.15) is 37.7 Å². The molecule has 0 aromatic heterocycles. The van der Waals surface area contributed by atoms with Crippen molar-refractivity contribution >= 4 is 22.6 Å². The Morgan fingerprint density at radius 2 is 2.07 bits per heavy atom. The average Bonchev–Trinajstić information content (AvgIpc) is 2.18. The van der Waals surface area contributed by atoms with Gasteiger partial charge in [0.2, 0.25) is 0 Å². The van der Waals surface area contributed by atoms with E-state index in [0.717, 1.165) is 12.0 Å². The predicted octanol–water partition coefficient (Wildman–Crippen LogP) is 3.54. The van der Waals surface area contributed by atoms with E-state index < -0.39 is 0 Å². The SMILES string of the molecule is CCCNC1CC(c2ccccc2I)C1. The molecule has 82 valence electrons. The lowest BCUT2D eigenvalue weighted by molar-refractivity contribution is 0.291. The molecule has 1 nitrogen and oxygen atoms in total. The highest BCUT2D eigenvalue weighted by Crippen LogP contribution is 2.38. The lowest BCUT2D eigenvalue weighted by atomic mass is 9.76. The van der Waals surface area contributed by atoms with E-state index in [4.69, 9.17) is 0 Å². The van der Waals surface area contributed by atoms with Gasteiger partial charge in [-0.2, -0.15) is 0 Å². The summed E-state index contributed by atoms with van der Waals surface area (Å²) in [5.41, 5.74) is 1.55. The first-order valence-electron chi connectivity index (χ1n) is 5.79. The van der Waals surface area contributed by atoms with E-state index >= 15 is 0 Å². The first-order valence-corrected chi connectivity index (χ1v) is 6.87. The van der Waals surface area contributed by atoms with E-state index in [1.54, 1.807) is 5.56 Å². The van der Waals surface area contributed by atoms with Gasteiger partial charge in [-0.3, -0.25) is 0 Å². The van der Waals surface area contributed by atoms with Crippen molar-refractivity contribution < 1.29 is 0 Å². The second-order valence-electron chi connectivity index (χ2n) is 4.34. The van der Waals surface area contributed by atoms with Crippen molar-refractivity contribution in [3.8, 4) is 0 Å². The highest BCUT2D eigenvalue weighted by atomic mass is 127. The van der Waals surface area contributed by atoms with Gasteiger partial charge in [0.05, 0.1) is 0 Å². The Bertz CT molecular complexity index is 318. The molecule has 0 saturated heterocycles. The van der Waals surface area contributed by atoms with Crippen LogP contribution in [-0.4, -0.2) is 12.6 Å². The fourth-order valence-electron chi connectivity index (χ4n) is 2.19. The van der Waals surface area contributed by atoms with E-state index in [1.165, 1.54) is 29.4 Å². The number of nitrogens with one attached hydrogen (secondary N) is 1. The number of hydrogen-bond donors (Lipinski definition) is 1. The first kappa shape index (κ1) is 11.4. The lowest BCUT2D eigenvalue weighted by Crippen LogP contribution is -2.40. The molecule has 0 amide bonds. The molecule has 1 aliphatic rings. The maximum atomic E-state index is 3.59. The summed E-state index contributed by atoms with van der Waals surface area (Å²) in [6, 6.07) is 9.54. The smallest absolute Gasteiger partial charge is 0.0165 e. The van der Waals surface area contributed by atoms with Gasteiger partial charge in [-0.1, -0.05) is 25.1 Å². The summed E-state index contributed by atoms with van der Waals surface area (Å²) in [7, 11) is 0. The highest BCUT2D eigenvalue weighted by Gasteiger charge is 2.30. The van der Waals surface area contributed by atoms with E-state index in [1.807, 2.05) is 0 Å². The fourth-order valence-corrected chi connectivity index (χ4v) is 3.02. The predicted molar refractivity (Wildman–Crippen MR) is 73.2 cm³/mol. The molecular formula is C13H18IN. The molecule has 2 heteroatoms. The molecule has 0 atom stereocenters. The molecule has 0 unspecified atom stereocenters. The molecule has 2 rings (SSSR count). The van der Waals surface area contributed by atoms with Crippen LogP contribution in [0.5, 0.6) is 0 Å². The Labute approximate surface area is 106 Å². The van der Waals surface area contributed by atoms with Gasteiger partial charge in [0, 0.05) is 9.61 Å². The summed E-state index contributed by atoms with van der Waals surface area (Å²) in [6.07, 6.45) is 3.88. The van der Waals surface area contributed by atoms with Crippen LogP contribution in [0.2, 0.25) is 0 Å². The Hall–Kier alpha value is -0.0900. The van der Waals surface area contributed by atoms with Crippen molar-refractivity contribution in [1.82, 2.24) is 5.32 Å². The maximum absolute atomic E-state index is 3.59. The third-order valence-electron chi connectivity index (χ3n) is 3.17. The van der Waals surface area contributed by atoms with Crippen molar-refractivity contribution in [2.24, 2.45) is 0 Å². The Kier molecular flexibility index (Phi) is 4.03. The number of benzene rings is 1. The zero-order chi connectivity index (χ0) is 10.7. The van der Waals surface area contributed by atoms with Gasteiger partial charge in [0.15, 0.2) is 0 Å². The molecular weight excluding hydrogens is 297 g/mol. The topological polar surface area (TPSA) is 12.0 Å². The molecule has 1 fully saturated rings. The van der Waals surface area contributed by atoms with Gasteiger partial charge >= 0.3 is 0 Å². The van der Waals surface area contributed by atoms with Gasteiger partial charge in [-0.05, 0) is 65.9 Å². The molecule has 15 heavy (non-hydrogen) atoms. The Morgan fingerprint density at radius 3 is 2.73 bits per heavy atom. The minimum absolute atomic E-state index is 0.769. The largest absolute Gasteiger partial charge is 0.314 e. The molecule has 1 aromatic carbocycles. The van der Waals surface area contributed by atoms with Crippen LogP contribution in [0.25, 0.3) is 0 Å². The normalized spacial score (nSPS) is 24.9. The molecule has 1 saturated carbocycles. The first-order chi connectivity index (χ1) is 7.31. The van der Waals surface area contributed by atoms with Gasteiger partial charge in [-0.25, -0.2) is 0 Å². The molecule has 0 radical (unpaired) electrons. The molecule has 1 aliphatic carbocycles. The molecule has 1 aromatic rings. The summed E-state index contributed by atoms with van der Waals surface area (Å²) < 4.78 is 1.43. The van der Waals surface area contributed by atoms with Gasteiger partial charge in [0.25, 0.3) is 0 Å². The molecule has 0 spiro atoms. The van der Waals surface area contributed by atoms with E-state index in [0.29, 0.717) is 0 Å². The molecule has 0 bridgehead atoms. The van der Waals surface area contributed by atoms with Gasteiger partial charge < -0.3 is 5.32 Å². The van der Waals surface area contributed by atoms with Crippen LogP contribution in [0.3, 0.4) is 0 Å². The van der Waals surface area contributed by atoms with Crippen LogP contribution < -0.4 is 5.32 Å². The minimum Gasteiger partial charge on any atom is -0.314 e. The van der Waals surface area contributed by atoms with Crippen LogP contribution in [0.15, 0.2) is 24.3 Å². The monoisotopic (exact) mass is 315 g/mol.